The molecule has 0 fully saturated rings. The van der Waals surface area contributed by atoms with Gasteiger partial charge in [0, 0.05) is 12.2 Å². The molecule has 28 heavy (non-hydrogen) atoms. The zero-order valence-electron chi connectivity index (χ0n) is 15.6. The molecule has 144 valence electrons. The average molecular weight is 378 g/mol. The molecule has 2 amide bonds. The number of esters is 1. The Morgan fingerprint density at radius 3 is 2.36 bits per heavy atom. The number of urea groups is 1. The highest BCUT2D eigenvalue weighted by atomic mass is 16.5. The minimum atomic E-state index is -0.385. The summed E-state index contributed by atoms with van der Waals surface area (Å²) in [6.07, 6.45) is 1.59. The predicted octanol–water partition coefficient (Wildman–Crippen LogP) is 4.69. The highest BCUT2D eigenvalue weighted by molar-refractivity contribution is 5.92. The van der Waals surface area contributed by atoms with Crippen molar-refractivity contribution < 1.29 is 18.7 Å². The molecule has 1 heterocycles. The van der Waals surface area contributed by atoms with Gasteiger partial charge in [-0.1, -0.05) is 30.3 Å². The van der Waals surface area contributed by atoms with Crippen molar-refractivity contribution in [2.45, 2.75) is 20.0 Å². The van der Waals surface area contributed by atoms with Crippen LogP contribution in [0.1, 0.15) is 28.6 Å². The molecule has 1 N–H and O–H groups in total. The molecule has 0 aliphatic rings. The van der Waals surface area contributed by atoms with Crippen LogP contribution in [0.4, 0.5) is 10.5 Å². The second-order valence-corrected chi connectivity index (χ2v) is 6.15. The monoisotopic (exact) mass is 378 g/mol. The number of carbonyl (C=O) groups excluding carboxylic acids is 2. The van der Waals surface area contributed by atoms with Crippen molar-refractivity contribution in [1.82, 2.24) is 4.90 Å². The van der Waals surface area contributed by atoms with Crippen molar-refractivity contribution >= 4 is 17.7 Å². The topological polar surface area (TPSA) is 71.8 Å². The van der Waals surface area contributed by atoms with Crippen molar-refractivity contribution in [3.05, 3.63) is 89.9 Å². The van der Waals surface area contributed by atoms with E-state index in [0.29, 0.717) is 36.7 Å². The Morgan fingerprint density at radius 1 is 0.964 bits per heavy atom. The predicted molar refractivity (Wildman–Crippen MR) is 106 cm³/mol. The fraction of sp³-hybridized carbons (Fsp3) is 0.182. The number of anilines is 1. The maximum atomic E-state index is 12.8. The van der Waals surface area contributed by atoms with Crippen LogP contribution in [0.3, 0.4) is 0 Å². The Labute approximate surface area is 163 Å². The summed E-state index contributed by atoms with van der Waals surface area (Å²) < 4.78 is 10.4. The van der Waals surface area contributed by atoms with Crippen LogP contribution in [-0.2, 0) is 17.8 Å². The molecule has 6 nitrogen and oxygen atoms in total. The fourth-order valence-electron chi connectivity index (χ4n) is 2.70. The minimum absolute atomic E-state index is 0.260. The molecule has 0 atom stereocenters. The summed E-state index contributed by atoms with van der Waals surface area (Å²) in [7, 11) is 0. The lowest BCUT2D eigenvalue weighted by Gasteiger charge is -2.22. The molecular weight excluding hydrogens is 356 g/mol. The van der Waals surface area contributed by atoms with Crippen LogP contribution in [0.5, 0.6) is 0 Å². The van der Waals surface area contributed by atoms with Gasteiger partial charge in [-0.15, -0.1) is 0 Å². The van der Waals surface area contributed by atoms with Crippen molar-refractivity contribution in [2.24, 2.45) is 0 Å². The van der Waals surface area contributed by atoms with Gasteiger partial charge in [-0.25, -0.2) is 9.59 Å². The largest absolute Gasteiger partial charge is 0.467 e. The fourth-order valence-corrected chi connectivity index (χ4v) is 2.70. The van der Waals surface area contributed by atoms with E-state index in [9.17, 15) is 9.59 Å². The van der Waals surface area contributed by atoms with E-state index in [0.717, 1.165) is 5.56 Å². The van der Waals surface area contributed by atoms with E-state index < -0.39 is 0 Å². The Kier molecular flexibility index (Phi) is 6.46. The number of benzene rings is 2. The van der Waals surface area contributed by atoms with E-state index in [-0.39, 0.29) is 12.0 Å². The first-order chi connectivity index (χ1) is 13.7. The van der Waals surface area contributed by atoms with E-state index in [1.165, 1.54) is 0 Å². The summed E-state index contributed by atoms with van der Waals surface area (Å²) in [5.41, 5.74) is 2.05. The van der Waals surface area contributed by atoms with Gasteiger partial charge in [0.05, 0.1) is 25.0 Å². The first-order valence-corrected chi connectivity index (χ1v) is 9.05. The Morgan fingerprint density at radius 2 is 1.71 bits per heavy atom. The van der Waals surface area contributed by atoms with E-state index in [1.807, 2.05) is 36.4 Å². The van der Waals surface area contributed by atoms with Crippen molar-refractivity contribution in [3.63, 3.8) is 0 Å². The summed E-state index contributed by atoms with van der Waals surface area (Å²) in [4.78, 5) is 26.2. The van der Waals surface area contributed by atoms with Gasteiger partial charge in [0.1, 0.15) is 5.76 Å². The van der Waals surface area contributed by atoms with E-state index in [2.05, 4.69) is 5.32 Å². The number of rotatable bonds is 7. The molecule has 1 aromatic heterocycles. The smallest absolute Gasteiger partial charge is 0.338 e. The lowest BCUT2D eigenvalue weighted by molar-refractivity contribution is 0.0526. The van der Waals surface area contributed by atoms with E-state index in [1.54, 1.807) is 48.4 Å². The Hall–Kier alpha value is -3.54. The maximum Gasteiger partial charge on any atom is 0.338 e. The maximum absolute atomic E-state index is 12.8. The molecule has 0 unspecified atom stereocenters. The van der Waals surface area contributed by atoms with Crippen molar-refractivity contribution in [1.29, 1.82) is 0 Å². The number of furan rings is 1. The summed E-state index contributed by atoms with van der Waals surface area (Å²) >= 11 is 0. The average Bonchev–Trinajstić information content (AvgIpc) is 3.22. The van der Waals surface area contributed by atoms with E-state index >= 15 is 0 Å². The van der Waals surface area contributed by atoms with Crippen LogP contribution in [0.2, 0.25) is 0 Å². The minimum Gasteiger partial charge on any atom is -0.467 e. The van der Waals surface area contributed by atoms with Gasteiger partial charge in [-0.2, -0.15) is 0 Å². The molecular formula is C22H22N2O4. The third-order valence-corrected chi connectivity index (χ3v) is 4.08. The number of amides is 2. The van der Waals surface area contributed by atoms with Gasteiger partial charge in [0.25, 0.3) is 0 Å². The number of carbonyl (C=O) groups is 2. The molecule has 0 saturated heterocycles. The lowest BCUT2D eigenvalue weighted by Crippen LogP contribution is -2.34. The zero-order valence-corrected chi connectivity index (χ0v) is 15.6. The van der Waals surface area contributed by atoms with Gasteiger partial charge >= 0.3 is 12.0 Å². The summed E-state index contributed by atoms with van der Waals surface area (Å²) in [5, 5.41) is 2.87. The standard InChI is InChI=1S/C22H22N2O4/c1-2-27-21(25)18-10-12-19(13-11-18)23-22(26)24(16-20-9-6-14-28-20)15-17-7-4-3-5-8-17/h3-14H,2,15-16H2,1H3,(H,23,26). The van der Waals surface area contributed by atoms with Crippen LogP contribution in [0.15, 0.2) is 77.4 Å². The second-order valence-electron chi connectivity index (χ2n) is 6.15. The number of ether oxygens (including phenoxy) is 1. The summed E-state index contributed by atoms with van der Waals surface area (Å²) in [6, 6.07) is 19.7. The van der Waals surface area contributed by atoms with Crippen LogP contribution < -0.4 is 5.32 Å². The quantitative estimate of drug-likeness (QED) is 0.606. The molecule has 0 bridgehead atoms. The number of hydrogen-bond donors (Lipinski definition) is 1. The summed E-state index contributed by atoms with van der Waals surface area (Å²) in [6.45, 7) is 2.86. The lowest BCUT2D eigenvalue weighted by atomic mass is 10.2. The van der Waals surface area contributed by atoms with Crippen LogP contribution in [-0.4, -0.2) is 23.5 Å². The molecule has 6 heteroatoms. The highest BCUT2D eigenvalue weighted by Crippen LogP contribution is 2.15. The van der Waals surface area contributed by atoms with Crippen LogP contribution in [0, 0.1) is 0 Å². The highest BCUT2D eigenvalue weighted by Gasteiger charge is 2.16. The van der Waals surface area contributed by atoms with Crippen molar-refractivity contribution in [2.75, 3.05) is 11.9 Å². The molecule has 0 aliphatic heterocycles. The molecule has 3 aromatic rings. The molecule has 0 aliphatic carbocycles. The van der Waals surface area contributed by atoms with Crippen LogP contribution >= 0.6 is 0 Å². The van der Waals surface area contributed by atoms with Gasteiger partial charge in [0.2, 0.25) is 0 Å². The normalized spacial score (nSPS) is 10.3. The number of hydrogen-bond acceptors (Lipinski definition) is 4. The van der Waals surface area contributed by atoms with Crippen LogP contribution in [0.25, 0.3) is 0 Å². The molecule has 3 rings (SSSR count). The zero-order chi connectivity index (χ0) is 19.8. The summed E-state index contributed by atoms with van der Waals surface area (Å²) in [5.74, 6) is 0.313. The molecule has 0 spiro atoms. The number of nitrogens with one attached hydrogen (secondary N) is 1. The first kappa shape index (κ1) is 19.2. The molecule has 0 saturated carbocycles. The molecule has 2 aromatic carbocycles. The third-order valence-electron chi connectivity index (χ3n) is 4.08. The Balaban J connectivity index is 1.70. The van der Waals surface area contributed by atoms with Gasteiger partial charge in [-0.05, 0) is 48.9 Å². The van der Waals surface area contributed by atoms with Gasteiger partial charge in [-0.3, -0.25) is 0 Å². The number of nitrogens with zero attached hydrogens (tertiary/aromatic N) is 1. The first-order valence-electron chi connectivity index (χ1n) is 9.05. The van der Waals surface area contributed by atoms with Gasteiger partial charge < -0.3 is 19.4 Å². The third kappa shape index (κ3) is 5.23. The van der Waals surface area contributed by atoms with E-state index in [4.69, 9.17) is 9.15 Å². The Bertz CT molecular complexity index is 890. The van der Waals surface area contributed by atoms with Crippen molar-refractivity contribution in [3.8, 4) is 0 Å². The molecule has 0 radical (unpaired) electrons. The second kappa shape index (κ2) is 9.41. The van der Waals surface area contributed by atoms with Gasteiger partial charge in [0.15, 0.2) is 0 Å². The SMILES string of the molecule is CCOC(=O)c1ccc(NC(=O)N(Cc2ccccc2)Cc2ccco2)cc1.